The smallest absolute Gasteiger partial charge is 0.354 e. The first-order valence-corrected chi connectivity index (χ1v) is 10.7. The molecule has 1 aromatic carbocycles. The van der Waals surface area contributed by atoms with E-state index in [0.717, 1.165) is 25.3 Å². The van der Waals surface area contributed by atoms with Crippen molar-refractivity contribution in [3.63, 3.8) is 0 Å². The monoisotopic (exact) mass is 395 g/mol. The van der Waals surface area contributed by atoms with Gasteiger partial charge in [0.2, 0.25) is 5.95 Å². The molecule has 4 rings (SSSR count). The van der Waals surface area contributed by atoms with Gasteiger partial charge in [-0.05, 0) is 49.8 Å². The molecule has 1 saturated carbocycles. The number of anilines is 1. The molecule has 0 radical (unpaired) electrons. The first-order chi connectivity index (χ1) is 14.1. The minimum atomic E-state index is -1.02. The summed E-state index contributed by atoms with van der Waals surface area (Å²) < 4.78 is 6.28. The van der Waals surface area contributed by atoms with Crippen LogP contribution in [0.25, 0.3) is 0 Å². The molecule has 29 heavy (non-hydrogen) atoms. The predicted octanol–water partition coefficient (Wildman–Crippen LogP) is 4.44. The van der Waals surface area contributed by atoms with Crippen molar-refractivity contribution in [3.8, 4) is 5.75 Å². The molecule has 1 aliphatic heterocycles. The van der Waals surface area contributed by atoms with Crippen LogP contribution in [0.15, 0.2) is 30.3 Å². The summed E-state index contributed by atoms with van der Waals surface area (Å²) in [6.45, 7) is 4.07. The van der Waals surface area contributed by atoms with Crippen molar-refractivity contribution in [2.45, 2.75) is 51.4 Å². The van der Waals surface area contributed by atoms with Gasteiger partial charge in [-0.3, -0.25) is 0 Å². The van der Waals surface area contributed by atoms with Crippen LogP contribution in [-0.4, -0.2) is 40.7 Å². The van der Waals surface area contributed by atoms with Crippen molar-refractivity contribution >= 4 is 11.9 Å². The number of hydrogen-bond acceptors (Lipinski definition) is 5. The van der Waals surface area contributed by atoms with Crippen molar-refractivity contribution in [2.24, 2.45) is 5.92 Å². The highest BCUT2D eigenvalue weighted by atomic mass is 16.5. The van der Waals surface area contributed by atoms with Crippen LogP contribution in [0.1, 0.15) is 66.2 Å². The van der Waals surface area contributed by atoms with E-state index in [2.05, 4.69) is 39.1 Å². The van der Waals surface area contributed by atoms with Crippen LogP contribution in [0.3, 0.4) is 0 Å². The summed E-state index contributed by atoms with van der Waals surface area (Å²) in [5, 5.41) is 9.24. The summed E-state index contributed by atoms with van der Waals surface area (Å²) in [6, 6.07) is 9.99. The fraction of sp³-hybridized carbons (Fsp3) is 0.522. The van der Waals surface area contributed by atoms with Crippen LogP contribution >= 0.6 is 0 Å². The third-order valence-electron chi connectivity index (χ3n) is 6.07. The van der Waals surface area contributed by atoms with E-state index < -0.39 is 5.97 Å². The third kappa shape index (κ3) is 4.69. The molecular weight excluding hydrogens is 366 g/mol. The second kappa shape index (κ2) is 8.80. The van der Waals surface area contributed by atoms with Gasteiger partial charge in [-0.2, -0.15) is 0 Å². The number of nitrogens with zero attached hydrogens (tertiary/aromatic N) is 3. The number of aryl methyl sites for hydroxylation is 1. The molecule has 0 spiro atoms. The van der Waals surface area contributed by atoms with Gasteiger partial charge in [0.1, 0.15) is 5.75 Å². The molecule has 6 nitrogen and oxygen atoms in total. The van der Waals surface area contributed by atoms with Crippen LogP contribution in [0.2, 0.25) is 0 Å². The summed E-state index contributed by atoms with van der Waals surface area (Å²) in [5.41, 5.74) is 2.08. The van der Waals surface area contributed by atoms with Crippen LogP contribution in [0.5, 0.6) is 5.75 Å². The molecule has 1 N–H and O–H groups in total. The second-order valence-electron chi connectivity index (χ2n) is 8.28. The van der Waals surface area contributed by atoms with Gasteiger partial charge >= 0.3 is 5.97 Å². The number of rotatable bonds is 6. The average molecular weight is 396 g/mol. The van der Waals surface area contributed by atoms with Crippen LogP contribution in [0, 0.1) is 12.8 Å². The first kappa shape index (κ1) is 19.7. The van der Waals surface area contributed by atoms with Gasteiger partial charge in [0.15, 0.2) is 5.69 Å². The Morgan fingerprint density at radius 2 is 1.97 bits per heavy atom. The van der Waals surface area contributed by atoms with E-state index in [-0.39, 0.29) is 5.69 Å². The lowest BCUT2D eigenvalue weighted by Gasteiger charge is -2.24. The number of benzene rings is 1. The summed E-state index contributed by atoms with van der Waals surface area (Å²) in [4.78, 5) is 22.0. The Balaban J connectivity index is 1.39. The van der Waals surface area contributed by atoms with Crippen LogP contribution < -0.4 is 9.64 Å². The Bertz CT molecular complexity index is 864. The molecule has 2 heterocycles. The standard InChI is InChI=1S/C23H29N3O3/c1-16-13-20(22(27)28)25-23(24-16)26-12-11-17(14-26)15-29-21-10-6-5-9-19(21)18-7-3-2-4-8-18/h5-6,9-10,13,17-18H,2-4,7-8,11-12,14-15H2,1H3,(H,27,28)/t17-/m0/s1. The van der Waals surface area contributed by atoms with Gasteiger partial charge in [-0.25, -0.2) is 14.8 Å². The lowest BCUT2D eigenvalue weighted by molar-refractivity contribution is 0.0690. The highest BCUT2D eigenvalue weighted by Gasteiger charge is 2.27. The molecule has 0 amide bonds. The van der Waals surface area contributed by atoms with Crippen molar-refractivity contribution in [3.05, 3.63) is 47.3 Å². The Morgan fingerprint density at radius 3 is 2.76 bits per heavy atom. The van der Waals surface area contributed by atoms with Gasteiger partial charge < -0.3 is 14.7 Å². The molecule has 6 heteroatoms. The van der Waals surface area contributed by atoms with Crippen molar-refractivity contribution in [1.29, 1.82) is 0 Å². The molecule has 2 fully saturated rings. The lowest BCUT2D eigenvalue weighted by Crippen LogP contribution is -2.25. The summed E-state index contributed by atoms with van der Waals surface area (Å²) in [6.07, 6.45) is 7.48. The molecule has 1 atom stereocenters. The average Bonchev–Trinajstić information content (AvgIpc) is 3.22. The molecule has 0 unspecified atom stereocenters. The molecule has 2 aromatic rings. The largest absolute Gasteiger partial charge is 0.493 e. The SMILES string of the molecule is Cc1cc(C(=O)O)nc(N2CC[C@H](COc3ccccc3C3CCCCC3)C2)n1. The molecule has 1 aliphatic carbocycles. The molecular formula is C23H29N3O3. The van der Waals surface area contributed by atoms with Gasteiger partial charge in [0.25, 0.3) is 0 Å². The summed E-state index contributed by atoms with van der Waals surface area (Å²) in [5.74, 6) is 1.52. The van der Waals surface area contributed by atoms with Gasteiger partial charge in [0.05, 0.1) is 6.61 Å². The lowest BCUT2D eigenvalue weighted by atomic mass is 9.84. The summed E-state index contributed by atoms with van der Waals surface area (Å²) in [7, 11) is 0. The highest BCUT2D eigenvalue weighted by molar-refractivity contribution is 5.85. The van der Waals surface area contributed by atoms with E-state index in [9.17, 15) is 9.90 Å². The van der Waals surface area contributed by atoms with Gasteiger partial charge in [-0.1, -0.05) is 37.5 Å². The molecule has 154 valence electrons. The Labute approximate surface area is 171 Å². The van der Waals surface area contributed by atoms with E-state index in [1.165, 1.54) is 43.7 Å². The predicted molar refractivity (Wildman–Crippen MR) is 112 cm³/mol. The van der Waals surface area contributed by atoms with Crippen molar-refractivity contribution in [1.82, 2.24) is 9.97 Å². The number of para-hydroxylation sites is 1. The summed E-state index contributed by atoms with van der Waals surface area (Å²) >= 11 is 0. The number of hydrogen-bond donors (Lipinski definition) is 1. The number of ether oxygens (including phenoxy) is 1. The maximum Gasteiger partial charge on any atom is 0.354 e. The van der Waals surface area contributed by atoms with Crippen molar-refractivity contribution in [2.75, 3.05) is 24.6 Å². The maximum absolute atomic E-state index is 11.3. The molecule has 1 aromatic heterocycles. The minimum absolute atomic E-state index is 0.0496. The van der Waals surface area contributed by atoms with E-state index in [4.69, 9.17) is 4.74 Å². The maximum atomic E-state index is 11.3. The third-order valence-corrected chi connectivity index (χ3v) is 6.07. The Kier molecular flexibility index (Phi) is 5.97. The topological polar surface area (TPSA) is 75.5 Å². The zero-order chi connectivity index (χ0) is 20.2. The number of carboxylic acid groups (broad SMARTS) is 1. The molecule has 1 saturated heterocycles. The van der Waals surface area contributed by atoms with Crippen molar-refractivity contribution < 1.29 is 14.6 Å². The number of carboxylic acids is 1. The van der Waals surface area contributed by atoms with Gasteiger partial charge in [0, 0.05) is 24.7 Å². The van der Waals surface area contributed by atoms with Crippen LogP contribution in [-0.2, 0) is 0 Å². The highest BCUT2D eigenvalue weighted by Crippen LogP contribution is 2.37. The van der Waals surface area contributed by atoms with Crippen LogP contribution in [0.4, 0.5) is 5.95 Å². The Morgan fingerprint density at radius 1 is 1.17 bits per heavy atom. The Hall–Kier alpha value is -2.63. The zero-order valence-corrected chi connectivity index (χ0v) is 17.0. The van der Waals surface area contributed by atoms with E-state index in [1.807, 2.05) is 0 Å². The number of aromatic carboxylic acids is 1. The number of carbonyl (C=O) groups is 1. The van der Waals surface area contributed by atoms with E-state index in [1.54, 1.807) is 6.92 Å². The normalized spacial score (nSPS) is 20.0. The first-order valence-electron chi connectivity index (χ1n) is 10.7. The fourth-order valence-electron chi connectivity index (χ4n) is 4.52. The van der Waals surface area contributed by atoms with E-state index >= 15 is 0 Å². The number of aromatic nitrogens is 2. The minimum Gasteiger partial charge on any atom is -0.493 e. The quantitative estimate of drug-likeness (QED) is 0.779. The molecule has 0 bridgehead atoms. The van der Waals surface area contributed by atoms with E-state index in [0.29, 0.717) is 30.1 Å². The second-order valence-corrected chi connectivity index (χ2v) is 8.28. The fourth-order valence-corrected chi connectivity index (χ4v) is 4.52. The van der Waals surface area contributed by atoms with Gasteiger partial charge in [-0.15, -0.1) is 0 Å². The molecule has 2 aliphatic rings. The zero-order valence-electron chi connectivity index (χ0n) is 17.0.